The van der Waals surface area contributed by atoms with E-state index in [-0.39, 0.29) is 11.9 Å². The summed E-state index contributed by atoms with van der Waals surface area (Å²) < 4.78 is 0. The Balaban J connectivity index is 1.88. The zero-order valence-electron chi connectivity index (χ0n) is 16.3. The monoisotopic (exact) mass is 337 g/mol. The average molecular weight is 338 g/mol. The van der Waals surface area contributed by atoms with Gasteiger partial charge in [-0.2, -0.15) is 0 Å². The summed E-state index contributed by atoms with van der Waals surface area (Å²) in [5.41, 5.74) is 0.352. The van der Waals surface area contributed by atoms with Gasteiger partial charge in [0.15, 0.2) is 0 Å². The van der Waals surface area contributed by atoms with Crippen LogP contribution in [-0.2, 0) is 4.79 Å². The Morgan fingerprint density at radius 3 is 2.21 bits per heavy atom. The summed E-state index contributed by atoms with van der Waals surface area (Å²) in [6.07, 6.45) is 11.5. The molecule has 1 heterocycles. The molecule has 140 valence electrons. The van der Waals surface area contributed by atoms with Crippen LogP contribution in [0.1, 0.15) is 78.6 Å². The first-order valence-electron chi connectivity index (χ1n) is 10.4. The van der Waals surface area contributed by atoms with Crippen LogP contribution in [0, 0.1) is 0 Å². The van der Waals surface area contributed by atoms with Crippen molar-refractivity contribution >= 4 is 5.91 Å². The molecule has 2 fully saturated rings. The molecule has 2 aliphatic rings. The summed E-state index contributed by atoms with van der Waals surface area (Å²) in [6, 6.07) is 0.265. The van der Waals surface area contributed by atoms with Gasteiger partial charge in [0.25, 0.3) is 0 Å². The lowest BCUT2D eigenvalue weighted by Crippen LogP contribution is -2.58. The molecule has 0 aromatic rings. The topological polar surface area (TPSA) is 35.6 Å². The summed E-state index contributed by atoms with van der Waals surface area (Å²) in [5, 5.41) is 3.74. The number of nitrogens with zero attached hydrogens (tertiary/aromatic N) is 2. The van der Waals surface area contributed by atoms with Crippen molar-refractivity contribution in [3.63, 3.8) is 0 Å². The van der Waals surface area contributed by atoms with Crippen molar-refractivity contribution in [1.29, 1.82) is 0 Å². The lowest BCUT2D eigenvalue weighted by atomic mass is 9.79. The Morgan fingerprint density at radius 2 is 1.62 bits per heavy atom. The summed E-state index contributed by atoms with van der Waals surface area (Å²) >= 11 is 0. The highest BCUT2D eigenvalue weighted by Gasteiger charge is 2.38. The second-order valence-corrected chi connectivity index (χ2v) is 7.88. The highest BCUT2D eigenvalue weighted by atomic mass is 16.2. The summed E-state index contributed by atoms with van der Waals surface area (Å²) in [6.45, 7) is 11.5. The first kappa shape index (κ1) is 19.7. The van der Waals surface area contributed by atoms with Crippen molar-refractivity contribution in [2.45, 2.75) is 90.1 Å². The average Bonchev–Trinajstić information content (AvgIpc) is 2.62. The molecule has 0 bridgehead atoms. The van der Waals surface area contributed by atoms with E-state index in [1.807, 2.05) is 4.90 Å². The molecule has 1 aliphatic carbocycles. The van der Waals surface area contributed by atoms with E-state index < -0.39 is 0 Å². The number of piperidine rings is 1. The second kappa shape index (κ2) is 9.76. The molecule has 1 atom stereocenters. The maximum atomic E-state index is 12.3. The zero-order chi connectivity index (χ0) is 17.4. The van der Waals surface area contributed by atoms with Crippen molar-refractivity contribution in [1.82, 2.24) is 15.1 Å². The minimum absolute atomic E-state index is 0.265. The first-order valence-corrected chi connectivity index (χ1v) is 10.4. The second-order valence-electron chi connectivity index (χ2n) is 7.88. The normalized spacial score (nSPS) is 23.0. The predicted octanol–water partition coefficient (Wildman–Crippen LogP) is 3.41. The minimum Gasteiger partial charge on any atom is -0.343 e. The molecular formula is C20H39N3O. The van der Waals surface area contributed by atoms with Gasteiger partial charge in [0.1, 0.15) is 0 Å². The van der Waals surface area contributed by atoms with Crippen molar-refractivity contribution in [2.75, 3.05) is 32.7 Å². The van der Waals surface area contributed by atoms with Crippen molar-refractivity contribution in [2.24, 2.45) is 0 Å². The Morgan fingerprint density at radius 1 is 1.04 bits per heavy atom. The van der Waals surface area contributed by atoms with Crippen LogP contribution >= 0.6 is 0 Å². The van der Waals surface area contributed by atoms with Crippen LogP contribution in [0.15, 0.2) is 0 Å². The Hall–Kier alpha value is -0.610. The van der Waals surface area contributed by atoms with Gasteiger partial charge < -0.3 is 10.2 Å². The highest BCUT2D eigenvalue weighted by Crippen LogP contribution is 2.35. The smallest absolute Gasteiger partial charge is 0.224 e. The predicted molar refractivity (Wildman–Crippen MR) is 101 cm³/mol. The van der Waals surface area contributed by atoms with Crippen LogP contribution in [0.5, 0.6) is 0 Å². The summed E-state index contributed by atoms with van der Waals surface area (Å²) in [5.74, 6) is 0.288. The van der Waals surface area contributed by atoms with E-state index in [2.05, 4.69) is 31.0 Å². The molecule has 1 aliphatic heterocycles. The van der Waals surface area contributed by atoms with Crippen molar-refractivity contribution < 1.29 is 4.79 Å². The van der Waals surface area contributed by atoms with Gasteiger partial charge in [-0.25, -0.2) is 0 Å². The van der Waals surface area contributed by atoms with Crippen molar-refractivity contribution in [3.05, 3.63) is 0 Å². The number of amides is 1. The number of rotatable bonds is 8. The molecule has 2 rings (SSSR count). The van der Waals surface area contributed by atoms with Gasteiger partial charge in [-0.15, -0.1) is 0 Å². The van der Waals surface area contributed by atoms with Gasteiger partial charge in [-0.05, 0) is 59.5 Å². The minimum atomic E-state index is 0.265. The number of carbonyl (C=O) groups is 1. The molecule has 0 radical (unpaired) electrons. The quantitative estimate of drug-likeness (QED) is 0.737. The highest BCUT2D eigenvalue weighted by molar-refractivity contribution is 5.76. The van der Waals surface area contributed by atoms with E-state index in [4.69, 9.17) is 0 Å². The van der Waals surface area contributed by atoms with Gasteiger partial charge in [-0.3, -0.25) is 9.69 Å². The van der Waals surface area contributed by atoms with E-state index >= 15 is 0 Å². The molecule has 0 aromatic heterocycles. The Bertz CT molecular complexity index is 369. The lowest BCUT2D eigenvalue weighted by Gasteiger charge is -2.49. The maximum absolute atomic E-state index is 12.3. The Kier molecular flexibility index (Phi) is 8.02. The fraction of sp³-hybridized carbons (Fsp3) is 0.950. The van der Waals surface area contributed by atoms with E-state index in [0.29, 0.717) is 12.0 Å². The maximum Gasteiger partial charge on any atom is 0.224 e. The molecular weight excluding hydrogens is 298 g/mol. The molecule has 1 saturated carbocycles. The van der Waals surface area contributed by atoms with E-state index in [1.54, 1.807) is 0 Å². The molecule has 4 nitrogen and oxygen atoms in total. The number of hydrogen-bond acceptors (Lipinski definition) is 3. The van der Waals surface area contributed by atoms with Crippen LogP contribution < -0.4 is 5.32 Å². The molecule has 1 unspecified atom stereocenters. The molecule has 4 heteroatoms. The standard InChI is InChI=1S/C20H39N3O/c1-4-22(5-2)19(24)16-18(3)21-17-20(12-8-6-9-13-20)23-14-10-7-11-15-23/h18,21H,4-17H2,1-3H3. The molecule has 24 heavy (non-hydrogen) atoms. The van der Waals surface area contributed by atoms with Gasteiger partial charge in [-0.1, -0.05) is 25.7 Å². The number of likely N-dealkylation sites (tertiary alicyclic amines) is 1. The summed E-state index contributed by atoms with van der Waals surface area (Å²) in [4.78, 5) is 17.0. The third kappa shape index (κ3) is 5.19. The van der Waals surface area contributed by atoms with E-state index in [1.165, 1.54) is 64.5 Å². The summed E-state index contributed by atoms with van der Waals surface area (Å²) in [7, 11) is 0. The zero-order valence-corrected chi connectivity index (χ0v) is 16.3. The number of hydrogen-bond donors (Lipinski definition) is 1. The van der Waals surface area contributed by atoms with Crippen LogP contribution in [-0.4, -0.2) is 60.0 Å². The largest absolute Gasteiger partial charge is 0.343 e. The molecule has 1 amide bonds. The van der Waals surface area contributed by atoms with Gasteiger partial charge >= 0.3 is 0 Å². The fourth-order valence-electron chi connectivity index (χ4n) is 4.59. The molecule has 1 N–H and O–H groups in total. The number of carbonyl (C=O) groups excluding carboxylic acids is 1. The van der Waals surface area contributed by atoms with Crippen LogP contribution in [0.2, 0.25) is 0 Å². The third-order valence-electron chi connectivity index (χ3n) is 6.19. The van der Waals surface area contributed by atoms with E-state index in [0.717, 1.165) is 19.6 Å². The van der Waals surface area contributed by atoms with Gasteiger partial charge in [0.2, 0.25) is 5.91 Å². The number of nitrogens with one attached hydrogen (secondary N) is 1. The van der Waals surface area contributed by atoms with Crippen LogP contribution in [0.4, 0.5) is 0 Å². The van der Waals surface area contributed by atoms with Crippen LogP contribution in [0.3, 0.4) is 0 Å². The first-order chi connectivity index (χ1) is 11.6. The molecule has 0 spiro atoms. The molecule has 0 aromatic carbocycles. The van der Waals surface area contributed by atoms with Crippen LogP contribution in [0.25, 0.3) is 0 Å². The SMILES string of the molecule is CCN(CC)C(=O)CC(C)NCC1(N2CCCCC2)CCCCC1. The fourth-order valence-corrected chi connectivity index (χ4v) is 4.59. The molecule has 1 saturated heterocycles. The van der Waals surface area contributed by atoms with Crippen molar-refractivity contribution in [3.8, 4) is 0 Å². The van der Waals surface area contributed by atoms with Gasteiger partial charge in [0.05, 0.1) is 0 Å². The van der Waals surface area contributed by atoms with Gasteiger partial charge in [0, 0.05) is 37.6 Å². The Labute approximate surface area is 149 Å². The lowest BCUT2D eigenvalue weighted by molar-refractivity contribution is -0.131. The van der Waals surface area contributed by atoms with E-state index in [9.17, 15) is 4.79 Å². The third-order valence-corrected chi connectivity index (χ3v) is 6.19.